The molecule has 5 nitrogen and oxygen atoms in total. The Hall–Kier alpha value is -4.13. The third-order valence-corrected chi connectivity index (χ3v) is 4.54. The SMILES string of the molecule is O=C(/C=C/c1ccc(-n2cncn2)cc1)c1ccc(OCc2cc(F)ccc2F)cc1. The molecule has 0 aliphatic heterocycles. The largest absolute Gasteiger partial charge is 0.489 e. The van der Waals surface area contributed by atoms with E-state index in [1.807, 2.05) is 24.3 Å². The fourth-order valence-electron chi connectivity index (χ4n) is 2.88. The van der Waals surface area contributed by atoms with Gasteiger partial charge in [-0.3, -0.25) is 4.79 Å². The van der Waals surface area contributed by atoms with Crippen LogP contribution in [-0.4, -0.2) is 20.5 Å². The van der Waals surface area contributed by atoms with Crippen LogP contribution in [0.2, 0.25) is 0 Å². The molecule has 0 fully saturated rings. The molecule has 0 aliphatic carbocycles. The molecule has 0 amide bonds. The number of halogens is 2. The molecule has 0 radical (unpaired) electrons. The Morgan fingerprint density at radius 3 is 2.48 bits per heavy atom. The van der Waals surface area contributed by atoms with Crippen molar-refractivity contribution in [3.8, 4) is 11.4 Å². The number of hydrogen-bond donors (Lipinski definition) is 0. The normalized spacial score (nSPS) is 11.0. The number of ether oxygens (including phenoxy) is 1. The molecular weight excluding hydrogens is 400 g/mol. The molecule has 154 valence electrons. The van der Waals surface area contributed by atoms with Crippen molar-refractivity contribution >= 4 is 11.9 Å². The van der Waals surface area contributed by atoms with Crippen LogP contribution in [0, 0.1) is 11.6 Å². The number of ketones is 1. The summed E-state index contributed by atoms with van der Waals surface area (Å²) >= 11 is 0. The van der Waals surface area contributed by atoms with Gasteiger partial charge in [0.1, 0.15) is 36.6 Å². The third-order valence-electron chi connectivity index (χ3n) is 4.54. The van der Waals surface area contributed by atoms with Crippen LogP contribution in [0.25, 0.3) is 11.8 Å². The Bertz CT molecular complexity index is 1200. The summed E-state index contributed by atoms with van der Waals surface area (Å²) in [5.41, 5.74) is 2.35. The van der Waals surface area contributed by atoms with Crippen LogP contribution in [0.1, 0.15) is 21.5 Å². The maximum absolute atomic E-state index is 13.7. The lowest BCUT2D eigenvalue weighted by Gasteiger charge is -2.08. The fourth-order valence-corrected chi connectivity index (χ4v) is 2.88. The van der Waals surface area contributed by atoms with E-state index >= 15 is 0 Å². The maximum Gasteiger partial charge on any atom is 0.185 e. The maximum atomic E-state index is 13.7. The van der Waals surface area contributed by atoms with Crippen molar-refractivity contribution < 1.29 is 18.3 Å². The molecule has 1 aromatic heterocycles. The molecule has 0 unspecified atom stereocenters. The molecule has 0 N–H and O–H groups in total. The predicted octanol–water partition coefficient (Wildman–Crippen LogP) is 5.02. The second-order valence-electron chi connectivity index (χ2n) is 6.68. The van der Waals surface area contributed by atoms with Crippen LogP contribution in [-0.2, 0) is 6.61 Å². The smallest absolute Gasteiger partial charge is 0.185 e. The van der Waals surface area contributed by atoms with E-state index in [1.54, 1.807) is 41.4 Å². The first-order valence-corrected chi connectivity index (χ1v) is 9.43. The van der Waals surface area contributed by atoms with Gasteiger partial charge in [0.05, 0.1) is 5.69 Å². The van der Waals surface area contributed by atoms with Crippen LogP contribution < -0.4 is 4.74 Å². The quantitative estimate of drug-likeness (QED) is 0.313. The lowest BCUT2D eigenvalue weighted by Crippen LogP contribution is -2.00. The van der Waals surface area contributed by atoms with Gasteiger partial charge >= 0.3 is 0 Å². The van der Waals surface area contributed by atoms with E-state index < -0.39 is 11.6 Å². The zero-order chi connectivity index (χ0) is 21.6. The van der Waals surface area contributed by atoms with E-state index in [0.717, 1.165) is 29.4 Å². The Kier molecular flexibility index (Phi) is 5.93. The highest BCUT2D eigenvalue weighted by Crippen LogP contribution is 2.17. The zero-order valence-electron chi connectivity index (χ0n) is 16.3. The van der Waals surface area contributed by atoms with Gasteiger partial charge in [-0.15, -0.1) is 0 Å². The molecule has 0 saturated carbocycles. The summed E-state index contributed by atoms with van der Waals surface area (Å²) in [5.74, 6) is -0.774. The van der Waals surface area contributed by atoms with Gasteiger partial charge in [0.25, 0.3) is 0 Å². The van der Waals surface area contributed by atoms with E-state index in [9.17, 15) is 13.6 Å². The fraction of sp³-hybridized carbons (Fsp3) is 0.0417. The van der Waals surface area contributed by atoms with Crippen molar-refractivity contribution in [2.45, 2.75) is 6.61 Å². The molecule has 0 aliphatic rings. The van der Waals surface area contributed by atoms with Crippen LogP contribution in [0.5, 0.6) is 5.75 Å². The number of aromatic nitrogens is 3. The van der Waals surface area contributed by atoms with E-state index in [2.05, 4.69) is 10.1 Å². The molecule has 4 rings (SSSR count). The third kappa shape index (κ3) is 5.08. The van der Waals surface area contributed by atoms with Crippen LogP contribution >= 0.6 is 0 Å². The number of hydrogen-bond acceptors (Lipinski definition) is 4. The lowest BCUT2D eigenvalue weighted by atomic mass is 10.1. The number of nitrogens with zero attached hydrogens (tertiary/aromatic N) is 3. The monoisotopic (exact) mass is 417 g/mol. The lowest BCUT2D eigenvalue weighted by molar-refractivity contribution is 0.104. The van der Waals surface area contributed by atoms with E-state index in [1.165, 1.54) is 12.4 Å². The number of carbonyl (C=O) groups excluding carboxylic acids is 1. The molecule has 4 aromatic rings. The Balaban J connectivity index is 1.36. The molecule has 0 bridgehead atoms. The summed E-state index contributed by atoms with van der Waals surface area (Å²) in [6, 6.07) is 17.2. The van der Waals surface area contributed by atoms with Crippen molar-refractivity contribution in [1.29, 1.82) is 0 Å². The van der Waals surface area contributed by atoms with Crippen molar-refractivity contribution in [2.75, 3.05) is 0 Å². The van der Waals surface area contributed by atoms with E-state index in [-0.39, 0.29) is 18.0 Å². The second kappa shape index (κ2) is 9.13. The van der Waals surface area contributed by atoms with Crippen molar-refractivity contribution in [2.24, 2.45) is 0 Å². The van der Waals surface area contributed by atoms with Gasteiger partial charge < -0.3 is 4.74 Å². The van der Waals surface area contributed by atoms with Crippen molar-refractivity contribution in [1.82, 2.24) is 14.8 Å². The minimum Gasteiger partial charge on any atom is -0.489 e. The molecule has 0 atom stereocenters. The molecule has 0 saturated heterocycles. The molecule has 3 aromatic carbocycles. The van der Waals surface area contributed by atoms with Gasteiger partial charge in [-0.25, -0.2) is 18.4 Å². The molecule has 0 spiro atoms. The highest BCUT2D eigenvalue weighted by atomic mass is 19.1. The van der Waals surface area contributed by atoms with Crippen molar-refractivity contribution in [3.05, 3.63) is 114 Å². The Morgan fingerprint density at radius 2 is 1.77 bits per heavy atom. The summed E-state index contributed by atoms with van der Waals surface area (Å²) in [6.07, 6.45) is 6.28. The average molecular weight is 417 g/mol. The zero-order valence-corrected chi connectivity index (χ0v) is 16.3. The first-order valence-electron chi connectivity index (χ1n) is 9.43. The topological polar surface area (TPSA) is 57.0 Å². The number of allylic oxidation sites excluding steroid dienone is 1. The van der Waals surface area contributed by atoms with E-state index in [4.69, 9.17) is 4.74 Å². The van der Waals surface area contributed by atoms with Gasteiger partial charge in [-0.1, -0.05) is 18.2 Å². The number of benzene rings is 3. The van der Waals surface area contributed by atoms with E-state index in [0.29, 0.717) is 11.3 Å². The minimum atomic E-state index is -0.535. The van der Waals surface area contributed by atoms with Gasteiger partial charge in [-0.05, 0) is 66.2 Å². The summed E-state index contributed by atoms with van der Waals surface area (Å²) < 4.78 is 34.0. The van der Waals surface area contributed by atoms with Crippen molar-refractivity contribution in [3.63, 3.8) is 0 Å². The predicted molar refractivity (Wildman–Crippen MR) is 112 cm³/mol. The van der Waals surface area contributed by atoms with Gasteiger partial charge in [0, 0.05) is 11.1 Å². The first kappa shape index (κ1) is 20.2. The summed E-state index contributed by atoms with van der Waals surface area (Å²) in [4.78, 5) is 16.3. The number of rotatable bonds is 7. The second-order valence-corrected chi connectivity index (χ2v) is 6.68. The van der Waals surface area contributed by atoms with Gasteiger partial charge in [-0.2, -0.15) is 5.10 Å². The van der Waals surface area contributed by atoms with Crippen LogP contribution in [0.4, 0.5) is 8.78 Å². The Labute approximate surface area is 177 Å². The van der Waals surface area contributed by atoms with Gasteiger partial charge in [0.2, 0.25) is 0 Å². The number of carbonyl (C=O) groups is 1. The molecule has 31 heavy (non-hydrogen) atoms. The van der Waals surface area contributed by atoms with Crippen LogP contribution in [0.15, 0.2) is 85.5 Å². The average Bonchev–Trinajstić information content (AvgIpc) is 3.34. The summed E-state index contributed by atoms with van der Waals surface area (Å²) in [6.45, 7) is -0.110. The highest BCUT2D eigenvalue weighted by molar-refractivity contribution is 6.06. The van der Waals surface area contributed by atoms with Crippen LogP contribution in [0.3, 0.4) is 0 Å². The summed E-state index contributed by atoms with van der Waals surface area (Å²) in [5, 5.41) is 4.06. The Morgan fingerprint density at radius 1 is 1.00 bits per heavy atom. The highest BCUT2D eigenvalue weighted by Gasteiger charge is 2.06. The molecule has 1 heterocycles. The summed E-state index contributed by atoms with van der Waals surface area (Å²) in [7, 11) is 0. The van der Waals surface area contributed by atoms with Gasteiger partial charge in [0.15, 0.2) is 5.78 Å². The molecular formula is C24H17F2N3O2. The standard InChI is InChI=1S/C24H17F2N3O2/c25-20-6-11-23(26)19(13-20)14-31-22-9-4-18(5-10-22)24(30)12-3-17-1-7-21(8-2-17)29-16-27-15-28-29/h1-13,15-16H,14H2/b12-3+. The minimum absolute atomic E-state index is 0.110. The molecule has 7 heteroatoms. The first-order chi connectivity index (χ1) is 15.1.